The molecule has 0 saturated carbocycles. The predicted molar refractivity (Wildman–Crippen MR) is 76.1 cm³/mol. The van der Waals surface area contributed by atoms with Gasteiger partial charge in [0.15, 0.2) is 0 Å². The Balaban J connectivity index is 2.91. The maximum atomic E-state index is 12.3. The second-order valence-corrected chi connectivity index (χ2v) is 7.13. The highest BCUT2D eigenvalue weighted by Gasteiger charge is 2.42. The Morgan fingerprint density at radius 1 is 1.32 bits per heavy atom. The van der Waals surface area contributed by atoms with Crippen LogP contribution in [-0.4, -0.2) is 51.1 Å². The SMILES string of the molecule is CC1NC(=O)C(C(C)C)N(C(C)CCS(C)=O)C1=O. The van der Waals surface area contributed by atoms with Crippen molar-refractivity contribution in [2.75, 3.05) is 12.0 Å². The summed E-state index contributed by atoms with van der Waals surface area (Å²) >= 11 is 0. The van der Waals surface area contributed by atoms with Gasteiger partial charge in [-0.25, -0.2) is 0 Å². The van der Waals surface area contributed by atoms with Crippen molar-refractivity contribution in [3.63, 3.8) is 0 Å². The van der Waals surface area contributed by atoms with Crippen LogP contribution in [0.15, 0.2) is 0 Å². The molecule has 4 unspecified atom stereocenters. The van der Waals surface area contributed by atoms with Crippen LogP contribution in [0.25, 0.3) is 0 Å². The number of nitrogens with zero attached hydrogens (tertiary/aromatic N) is 1. The Bertz CT molecular complexity index is 384. The Labute approximate surface area is 117 Å². The van der Waals surface area contributed by atoms with Crippen LogP contribution >= 0.6 is 0 Å². The molecule has 0 aliphatic carbocycles. The van der Waals surface area contributed by atoms with E-state index in [1.165, 1.54) is 0 Å². The molecule has 0 aromatic heterocycles. The fraction of sp³-hybridized carbons (Fsp3) is 0.846. The number of piperazine rings is 1. The predicted octanol–water partition coefficient (Wildman–Crippen LogP) is 0.515. The first kappa shape index (κ1) is 16.1. The second-order valence-electron chi connectivity index (χ2n) is 5.58. The normalized spacial score (nSPS) is 27.4. The molecule has 110 valence electrons. The van der Waals surface area contributed by atoms with E-state index >= 15 is 0 Å². The molecular formula is C13H24N2O3S. The van der Waals surface area contributed by atoms with E-state index in [-0.39, 0.29) is 23.8 Å². The first-order valence-corrected chi connectivity index (χ1v) is 8.41. The summed E-state index contributed by atoms with van der Waals surface area (Å²) in [6.07, 6.45) is 2.30. The van der Waals surface area contributed by atoms with E-state index in [0.29, 0.717) is 12.2 Å². The molecule has 0 bridgehead atoms. The van der Waals surface area contributed by atoms with E-state index in [4.69, 9.17) is 0 Å². The van der Waals surface area contributed by atoms with Gasteiger partial charge in [0, 0.05) is 28.9 Å². The van der Waals surface area contributed by atoms with Crippen LogP contribution < -0.4 is 5.32 Å². The lowest BCUT2D eigenvalue weighted by atomic mass is 9.95. The zero-order valence-corrected chi connectivity index (χ0v) is 13.1. The van der Waals surface area contributed by atoms with Crippen molar-refractivity contribution in [2.45, 2.75) is 52.2 Å². The fourth-order valence-corrected chi connectivity index (χ4v) is 3.11. The van der Waals surface area contributed by atoms with Crippen LogP contribution in [0.3, 0.4) is 0 Å². The van der Waals surface area contributed by atoms with Crippen molar-refractivity contribution in [2.24, 2.45) is 5.92 Å². The van der Waals surface area contributed by atoms with Gasteiger partial charge in [-0.3, -0.25) is 13.8 Å². The van der Waals surface area contributed by atoms with Gasteiger partial charge in [-0.1, -0.05) is 13.8 Å². The Hall–Kier alpha value is -0.910. The maximum absolute atomic E-state index is 12.3. The standard InChI is InChI=1S/C13H24N2O3S/c1-8(2)11-12(16)14-10(4)13(17)15(11)9(3)6-7-19(5)18/h8-11H,6-7H2,1-5H3,(H,14,16). The molecule has 4 atom stereocenters. The number of hydrogen-bond donors (Lipinski definition) is 1. The van der Waals surface area contributed by atoms with Crippen LogP contribution in [0.5, 0.6) is 0 Å². The smallest absolute Gasteiger partial charge is 0.245 e. The Kier molecular flexibility index (Phi) is 5.52. The third-order valence-corrected chi connectivity index (χ3v) is 4.29. The third-order valence-electron chi connectivity index (χ3n) is 3.48. The number of nitrogens with one attached hydrogen (secondary N) is 1. The number of carbonyl (C=O) groups is 2. The van der Waals surface area contributed by atoms with Crippen molar-refractivity contribution in [3.8, 4) is 0 Å². The average molecular weight is 288 g/mol. The summed E-state index contributed by atoms with van der Waals surface area (Å²) < 4.78 is 11.2. The van der Waals surface area contributed by atoms with E-state index in [1.54, 1.807) is 18.1 Å². The summed E-state index contributed by atoms with van der Waals surface area (Å²) in [6.45, 7) is 7.50. The van der Waals surface area contributed by atoms with Gasteiger partial charge in [-0.15, -0.1) is 0 Å². The van der Waals surface area contributed by atoms with Gasteiger partial charge in [-0.2, -0.15) is 0 Å². The number of carbonyl (C=O) groups excluding carboxylic acids is 2. The number of amides is 2. The van der Waals surface area contributed by atoms with Gasteiger partial charge in [0.1, 0.15) is 12.1 Å². The molecule has 1 aliphatic heterocycles. The third kappa shape index (κ3) is 3.78. The first-order chi connectivity index (χ1) is 8.75. The topological polar surface area (TPSA) is 66.5 Å². The van der Waals surface area contributed by atoms with Crippen molar-refractivity contribution < 1.29 is 13.8 Å². The van der Waals surface area contributed by atoms with Crippen molar-refractivity contribution in [1.82, 2.24) is 10.2 Å². The summed E-state index contributed by atoms with van der Waals surface area (Å²) in [5, 5.41) is 2.72. The molecule has 1 aliphatic rings. The van der Waals surface area contributed by atoms with Crippen molar-refractivity contribution in [3.05, 3.63) is 0 Å². The molecule has 5 nitrogen and oxygen atoms in total. The monoisotopic (exact) mass is 288 g/mol. The summed E-state index contributed by atoms with van der Waals surface area (Å²) in [5.74, 6) is 0.469. The molecule has 1 fully saturated rings. The van der Waals surface area contributed by atoms with E-state index in [9.17, 15) is 13.8 Å². The highest BCUT2D eigenvalue weighted by Crippen LogP contribution is 2.21. The zero-order chi connectivity index (χ0) is 14.7. The quantitative estimate of drug-likeness (QED) is 0.802. The van der Waals surface area contributed by atoms with Gasteiger partial charge in [0.05, 0.1) is 0 Å². The minimum atomic E-state index is -0.880. The molecule has 0 aromatic carbocycles. The van der Waals surface area contributed by atoms with Crippen molar-refractivity contribution >= 4 is 22.6 Å². The summed E-state index contributed by atoms with van der Waals surface area (Å²) in [6, 6.07) is -0.974. The maximum Gasteiger partial charge on any atom is 0.245 e. The molecule has 1 rings (SSSR count). The average Bonchev–Trinajstić information content (AvgIpc) is 2.29. The lowest BCUT2D eigenvalue weighted by molar-refractivity contribution is -0.153. The van der Waals surface area contributed by atoms with E-state index in [0.717, 1.165) is 0 Å². The summed E-state index contributed by atoms with van der Waals surface area (Å²) in [5.41, 5.74) is 0. The molecular weight excluding hydrogens is 264 g/mol. The molecule has 0 radical (unpaired) electrons. The lowest BCUT2D eigenvalue weighted by Gasteiger charge is -2.43. The molecule has 1 saturated heterocycles. The van der Waals surface area contributed by atoms with E-state index in [1.807, 2.05) is 20.8 Å². The number of rotatable bonds is 5. The van der Waals surface area contributed by atoms with Crippen LogP contribution in [0.1, 0.15) is 34.1 Å². The van der Waals surface area contributed by atoms with Crippen LogP contribution in [0.4, 0.5) is 0 Å². The van der Waals surface area contributed by atoms with E-state index < -0.39 is 22.9 Å². The summed E-state index contributed by atoms with van der Waals surface area (Å²) in [4.78, 5) is 26.1. The minimum Gasteiger partial charge on any atom is -0.343 e. The summed E-state index contributed by atoms with van der Waals surface area (Å²) in [7, 11) is -0.880. The Morgan fingerprint density at radius 3 is 2.37 bits per heavy atom. The molecule has 1 N–H and O–H groups in total. The number of hydrogen-bond acceptors (Lipinski definition) is 3. The molecule has 6 heteroatoms. The van der Waals surface area contributed by atoms with Crippen molar-refractivity contribution in [1.29, 1.82) is 0 Å². The molecule has 2 amide bonds. The van der Waals surface area contributed by atoms with E-state index in [2.05, 4.69) is 5.32 Å². The molecule has 1 heterocycles. The van der Waals surface area contributed by atoms with Gasteiger partial charge in [-0.05, 0) is 26.2 Å². The van der Waals surface area contributed by atoms with Crippen LogP contribution in [-0.2, 0) is 20.4 Å². The highest BCUT2D eigenvalue weighted by molar-refractivity contribution is 7.84. The van der Waals surface area contributed by atoms with Gasteiger partial charge in [0.25, 0.3) is 0 Å². The highest BCUT2D eigenvalue weighted by atomic mass is 32.2. The van der Waals surface area contributed by atoms with Crippen LogP contribution in [0.2, 0.25) is 0 Å². The minimum absolute atomic E-state index is 0.0484. The molecule has 0 spiro atoms. The molecule has 19 heavy (non-hydrogen) atoms. The second kappa shape index (κ2) is 6.50. The van der Waals surface area contributed by atoms with Crippen LogP contribution in [0, 0.1) is 5.92 Å². The van der Waals surface area contributed by atoms with Gasteiger partial charge < -0.3 is 10.2 Å². The first-order valence-electron chi connectivity index (χ1n) is 6.68. The lowest BCUT2D eigenvalue weighted by Crippen LogP contribution is -2.66. The molecule has 0 aromatic rings. The largest absolute Gasteiger partial charge is 0.343 e. The zero-order valence-electron chi connectivity index (χ0n) is 12.3. The fourth-order valence-electron chi connectivity index (χ4n) is 2.44. The van der Waals surface area contributed by atoms with Gasteiger partial charge >= 0.3 is 0 Å². The van der Waals surface area contributed by atoms with Gasteiger partial charge in [0.2, 0.25) is 11.8 Å². The Morgan fingerprint density at radius 2 is 1.89 bits per heavy atom.